The minimum absolute atomic E-state index is 0.00344. The van der Waals surface area contributed by atoms with Crippen LogP contribution in [0.25, 0.3) is 11.2 Å². The fourth-order valence-electron chi connectivity index (χ4n) is 3.00. The third-order valence-corrected chi connectivity index (χ3v) is 4.39. The molecule has 0 fully saturated rings. The van der Waals surface area contributed by atoms with Crippen LogP contribution in [0, 0.1) is 6.08 Å². The summed E-state index contributed by atoms with van der Waals surface area (Å²) in [6, 6.07) is 9.15. The van der Waals surface area contributed by atoms with Gasteiger partial charge in [0.2, 0.25) is 0 Å². The van der Waals surface area contributed by atoms with Gasteiger partial charge in [-0.1, -0.05) is 24.3 Å². The smallest absolute Gasteiger partial charge is 0.341 e. The van der Waals surface area contributed by atoms with Crippen LogP contribution in [-0.2, 0) is 17.9 Å². The van der Waals surface area contributed by atoms with E-state index in [-0.39, 0.29) is 12.4 Å². The molecule has 0 bridgehead atoms. The molecule has 0 aliphatic carbocycles. The first-order valence-electron chi connectivity index (χ1n) is 8.92. The average Bonchev–Trinajstić information content (AvgIpc) is 3.15. The summed E-state index contributed by atoms with van der Waals surface area (Å²) in [4.78, 5) is 27.3. The van der Waals surface area contributed by atoms with Crippen LogP contribution in [0.15, 0.2) is 49.1 Å². The third kappa shape index (κ3) is 3.88. The van der Waals surface area contributed by atoms with Crippen LogP contribution in [0.4, 0.5) is 10.2 Å². The summed E-state index contributed by atoms with van der Waals surface area (Å²) in [5.74, 6) is -0.170. The van der Waals surface area contributed by atoms with Gasteiger partial charge in [0, 0.05) is 6.20 Å². The van der Waals surface area contributed by atoms with Crippen LogP contribution >= 0.6 is 0 Å². The molecular weight excluding hydrogens is 391 g/mol. The number of pyridine rings is 1. The number of carbonyl (C=O) groups excluding carboxylic acids is 1. The van der Waals surface area contributed by atoms with Gasteiger partial charge in [0.25, 0.3) is 0 Å². The molecule has 0 saturated heterocycles. The summed E-state index contributed by atoms with van der Waals surface area (Å²) in [6.45, 7) is 0.623. The first-order valence-corrected chi connectivity index (χ1v) is 8.92. The largest absolute Gasteiger partial charge is 0.486 e. The van der Waals surface area contributed by atoms with Gasteiger partial charge in [-0.15, -0.1) is 0 Å². The SMILES string of the molecule is COC(=O)c1ccncc1OCc1cccc(Cn2cnc3c(N)nc(F)nc32)c1. The standard InChI is InChI=1S/C20H17FN6O3/c1-29-19(28)14-5-6-23-8-15(14)30-10-13-4-2-3-12(7-13)9-27-11-24-16-17(22)25-20(21)26-18(16)27/h2-8,11H,9-10H2,1H3,(H2,22,25,26). The van der Waals surface area contributed by atoms with E-state index >= 15 is 0 Å². The van der Waals surface area contributed by atoms with E-state index in [9.17, 15) is 9.18 Å². The normalized spacial score (nSPS) is 10.9. The third-order valence-electron chi connectivity index (χ3n) is 4.39. The minimum atomic E-state index is -0.901. The molecule has 4 aromatic rings. The second kappa shape index (κ2) is 8.11. The van der Waals surface area contributed by atoms with Gasteiger partial charge in [0.1, 0.15) is 17.7 Å². The molecule has 3 heterocycles. The lowest BCUT2D eigenvalue weighted by molar-refractivity contribution is 0.0595. The van der Waals surface area contributed by atoms with E-state index in [1.807, 2.05) is 24.3 Å². The molecule has 3 aromatic heterocycles. The van der Waals surface area contributed by atoms with Crippen molar-refractivity contribution in [2.75, 3.05) is 12.8 Å². The Hall–Kier alpha value is -4.08. The predicted molar refractivity (Wildman–Crippen MR) is 105 cm³/mol. The monoisotopic (exact) mass is 408 g/mol. The van der Waals surface area contributed by atoms with Gasteiger partial charge in [0.15, 0.2) is 17.2 Å². The van der Waals surface area contributed by atoms with Crippen LogP contribution in [-0.4, -0.2) is 37.6 Å². The number of methoxy groups -OCH3 is 1. The van der Waals surface area contributed by atoms with E-state index in [4.69, 9.17) is 15.2 Å². The highest BCUT2D eigenvalue weighted by atomic mass is 19.1. The Morgan fingerprint density at radius 2 is 2.07 bits per heavy atom. The predicted octanol–water partition coefficient (Wildman–Crippen LogP) is 2.36. The highest BCUT2D eigenvalue weighted by Gasteiger charge is 2.14. The summed E-state index contributed by atoms with van der Waals surface area (Å²) in [5, 5.41) is 0. The molecule has 1 aromatic carbocycles. The van der Waals surface area contributed by atoms with Crippen molar-refractivity contribution in [3.8, 4) is 5.75 Å². The van der Waals surface area contributed by atoms with E-state index in [0.717, 1.165) is 11.1 Å². The van der Waals surface area contributed by atoms with Crippen molar-refractivity contribution in [1.29, 1.82) is 0 Å². The van der Waals surface area contributed by atoms with Gasteiger partial charge in [-0.3, -0.25) is 4.98 Å². The summed E-state index contributed by atoms with van der Waals surface area (Å²) >= 11 is 0. The highest BCUT2D eigenvalue weighted by Crippen LogP contribution is 2.20. The molecule has 2 N–H and O–H groups in total. The van der Waals surface area contributed by atoms with Gasteiger partial charge in [-0.05, 0) is 17.2 Å². The number of esters is 1. The molecule has 10 heteroatoms. The number of hydrogen-bond donors (Lipinski definition) is 1. The summed E-state index contributed by atoms with van der Waals surface area (Å²) in [5.41, 5.74) is 8.47. The fraction of sp³-hybridized carbons (Fsp3) is 0.150. The Labute approximate surface area is 170 Å². The van der Waals surface area contributed by atoms with Crippen LogP contribution in [0.5, 0.6) is 5.75 Å². The second-order valence-corrected chi connectivity index (χ2v) is 6.39. The topological polar surface area (TPSA) is 118 Å². The number of anilines is 1. The minimum Gasteiger partial charge on any atom is -0.486 e. The van der Waals surface area contributed by atoms with Crippen molar-refractivity contribution in [2.45, 2.75) is 13.2 Å². The number of fused-ring (bicyclic) bond motifs is 1. The fourth-order valence-corrected chi connectivity index (χ4v) is 3.00. The molecular formula is C20H17FN6O3. The van der Waals surface area contributed by atoms with E-state index in [0.29, 0.717) is 29.0 Å². The van der Waals surface area contributed by atoms with Crippen LogP contribution in [0.3, 0.4) is 0 Å². The quantitative estimate of drug-likeness (QED) is 0.382. The van der Waals surface area contributed by atoms with Crippen molar-refractivity contribution < 1.29 is 18.7 Å². The van der Waals surface area contributed by atoms with E-state index in [1.54, 1.807) is 4.57 Å². The van der Waals surface area contributed by atoms with Crippen LogP contribution in [0.1, 0.15) is 21.5 Å². The number of nitrogens with two attached hydrogens (primary N) is 1. The van der Waals surface area contributed by atoms with Crippen molar-refractivity contribution >= 4 is 23.0 Å². The Kier molecular flexibility index (Phi) is 5.21. The molecule has 152 valence electrons. The first-order chi connectivity index (χ1) is 14.5. The number of rotatable bonds is 6. The van der Waals surface area contributed by atoms with E-state index in [2.05, 4.69) is 19.9 Å². The number of hydrogen-bond acceptors (Lipinski definition) is 8. The molecule has 0 unspecified atom stereocenters. The lowest BCUT2D eigenvalue weighted by Crippen LogP contribution is -2.07. The first kappa shape index (κ1) is 19.2. The molecule has 30 heavy (non-hydrogen) atoms. The maximum atomic E-state index is 13.5. The molecule has 0 aliphatic heterocycles. The van der Waals surface area contributed by atoms with Gasteiger partial charge in [-0.25, -0.2) is 9.78 Å². The zero-order chi connectivity index (χ0) is 21.1. The number of nitrogen functional groups attached to an aromatic ring is 1. The summed E-state index contributed by atoms with van der Waals surface area (Å²) < 4.78 is 25.8. The lowest BCUT2D eigenvalue weighted by atomic mass is 10.1. The Bertz CT molecular complexity index is 1230. The summed E-state index contributed by atoms with van der Waals surface area (Å²) in [7, 11) is 1.31. The van der Waals surface area contributed by atoms with Crippen molar-refractivity contribution in [3.05, 3.63) is 71.8 Å². The number of carbonyl (C=O) groups is 1. The van der Waals surface area contributed by atoms with Gasteiger partial charge < -0.3 is 19.8 Å². The van der Waals surface area contributed by atoms with Crippen molar-refractivity contribution in [3.63, 3.8) is 0 Å². The molecule has 0 aliphatic rings. The molecule has 9 nitrogen and oxygen atoms in total. The molecule has 0 amide bonds. The molecule has 0 spiro atoms. The van der Waals surface area contributed by atoms with Gasteiger partial charge in [-0.2, -0.15) is 14.4 Å². The Morgan fingerprint density at radius 3 is 2.90 bits per heavy atom. The number of imidazole rings is 1. The number of ether oxygens (including phenoxy) is 2. The van der Waals surface area contributed by atoms with Crippen LogP contribution in [0.2, 0.25) is 0 Å². The van der Waals surface area contributed by atoms with Gasteiger partial charge >= 0.3 is 12.0 Å². The Balaban J connectivity index is 1.53. The second-order valence-electron chi connectivity index (χ2n) is 6.39. The number of aromatic nitrogens is 5. The maximum absolute atomic E-state index is 13.5. The molecule has 0 saturated carbocycles. The summed E-state index contributed by atoms with van der Waals surface area (Å²) in [6.07, 6.45) is 3.60. The maximum Gasteiger partial charge on any atom is 0.341 e. The molecule has 0 radical (unpaired) electrons. The van der Waals surface area contributed by atoms with Crippen LogP contribution < -0.4 is 10.5 Å². The van der Waals surface area contributed by atoms with Crippen molar-refractivity contribution in [1.82, 2.24) is 24.5 Å². The Morgan fingerprint density at radius 1 is 1.23 bits per heavy atom. The van der Waals surface area contributed by atoms with E-state index in [1.165, 1.54) is 31.9 Å². The average molecular weight is 408 g/mol. The number of nitrogens with zero attached hydrogens (tertiary/aromatic N) is 5. The zero-order valence-corrected chi connectivity index (χ0v) is 15.9. The van der Waals surface area contributed by atoms with Gasteiger partial charge in [0.05, 0.1) is 26.2 Å². The number of halogens is 1. The highest BCUT2D eigenvalue weighted by molar-refractivity contribution is 5.92. The van der Waals surface area contributed by atoms with Crippen molar-refractivity contribution in [2.24, 2.45) is 0 Å². The molecule has 4 rings (SSSR count). The van der Waals surface area contributed by atoms with E-state index < -0.39 is 12.0 Å². The number of benzene rings is 1. The zero-order valence-electron chi connectivity index (χ0n) is 15.9. The lowest BCUT2D eigenvalue weighted by Gasteiger charge is -2.11. The molecule has 0 atom stereocenters.